The molecule has 4 rings (SSSR count). The van der Waals surface area contributed by atoms with E-state index in [9.17, 15) is 18.8 Å². The van der Waals surface area contributed by atoms with Crippen molar-refractivity contribution < 1.29 is 18.7 Å². The van der Waals surface area contributed by atoms with Crippen LogP contribution in [-0.4, -0.2) is 21.3 Å². The summed E-state index contributed by atoms with van der Waals surface area (Å²) in [6, 6.07) is 4.09. The molecule has 0 fully saturated rings. The number of hydrogen-bond acceptors (Lipinski definition) is 6. The van der Waals surface area contributed by atoms with Gasteiger partial charge >= 0.3 is 5.97 Å². The van der Waals surface area contributed by atoms with Crippen LogP contribution in [-0.2, 0) is 11.3 Å². The Morgan fingerprint density at radius 2 is 2.19 bits per heavy atom. The lowest BCUT2D eigenvalue weighted by atomic mass is 10.0. The molecule has 0 radical (unpaired) electrons. The molecule has 0 aliphatic heterocycles. The van der Waals surface area contributed by atoms with Crippen LogP contribution >= 0.6 is 11.3 Å². The van der Waals surface area contributed by atoms with Gasteiger partial charge in [-0.3, -0.25) is 14.2 Å². The molecule has 0 spiro atoms. The molecular weight excluding hydrogens is 359 g/mol. The molecule has 1 aromatic carbocycles. The highest BCUT2D eigenvalue weighted by atomic mass is 32.1. The van der Waals surface area contributed by atoms with E-state index in [0.717, 1.165) is 4.57 Å². The standard InChI is InChI=1S/C18H13FN2O4S/c1-9-6-12(22)16-13(3-2-11(19)15(9)16)25-14(23)7-21-8-20-17-10(18(21)24)4-5-26-17/h2-5,8-9H,6-7H2,1H3. The average molecular weight is 372 g/mol. The number of rotatable bonds is 3. The third-order valence-electron chi connectivity index (χ3n) is 4.39. The minimum absolute atomic E-state index is 0.0263. The lowest BCUT2D eigenvalue weighted by molar-refractivity contribution is -0.135. The summed E-state index contributed by atoms with van der Waals surface area (Å²) in [4.78, 5) is 41.4. The van der Waals surface area contributed by atoms with E-state index in [1.165, 1.54) is 29.8 Å². The molecule has 1 unspecified atom stereocenters. The number of benzene rings is 1. The van der Waals surface area contributed by atoms with E-state index in [0.29, 0.717) is 10.2 Å². The van der Waals surface area contributed by atoms with Crippen LogP contribution in [0.25, 0.3) is 10.2 Å². The molecule has 0 bridgehead atoms. The second-order valence-corrected chi connectivity index (χ2v) is 7.05. The van der Waals surface area contributed by atoms with Crippen LogP contribution < -0.4 is 10.3 Å². The molecule has 132 valence electrons. The molecule has 1 aliphatic carbocycles. The number of ether oxygens (including phenoxy) is 1. The van der Waals surface area contributed by atoms with Crippen LogP contribution in [0, 0.1) is 5.82 Å². The van der Waals surface area contributed by atoms with Crippen molar-refractivity contribution in [3.63, 3.8) is 0 Å². The van der Waals surface area contributed by atoms with Gasteiger partial charge in [0, 0.05) is 12.0 Å². The number of carbonyl (C=O) groups is 2. The minimum Gasteiger partial charge on any atom is -0.424 e. The summed E-state index contributed by atoms with van der Waals surface area (Å²) in [6.45, 7) is 1.40. The van der Waals surface area contributed by atoms with Gasteiger partial charge in [0.1, 0.15) is 22.9 Å². The van der Waals surface area contributed by atoms with Crippen molar-refractivity contribution in [1.29, 1.82) is 0 Å². The fraction of sp³-hybridized carbons (Fsp3) is 0.222. The summed E-state index contributed by atoms with van der Waals surface area (Å²) < 4.78 is 20.4. The number of carbonyl (C=O) groups excluding carboxylic acids is 2. The van der Waals surface area contributed by atoms with E-state index in [2.05, 4.69) is 4.98 Å². The van der Waals surface area contributed by atoms with Gasteiger partial charge in [-0.15, -0.1) is 11.3 Å². The smallest absolute Gasteiger partial charge is 0.331 e. The fourth-order valence-electron chi connectivity index (χ4n) is 3.21. The summed E-state index contributed by atoms with van der Waals surface area (Å²) in [5.74, 6) is -1.71. The Balaban J connectivity index is 1.62. The second-order valence-electron chi connectivity index (χ2n) is 6.15. The normalized spacial score (nSPS) is 16.1. The predicted molar refractivity (Wildman–Crippen MR) is 93.3 cm³/mol. The first-order valence-electron chi connectivity index (χ1n) is 7.94. The first-order valence-corrected chi connectivity index (χ1v) is 8.82. The fourth-order valence-corrected chi connectivity index (χ4v) is 3.93. The van der Waals surface area contributed by atoms with Gasteiger partial charge in [-0.05, 0) is 29.5 Å². The zero-order chi connectivity index (χ0) is 18.4. The molecule has 0 saturated heterocycles. The highest BCUT2D eigenvalue weighted by Gasteiger charge is 2.33. The first-order chi connectivity index (χ1) is 12.5. The topological polar surface area (TPSA) is 78.3 Å². The van der Waals surface area contributed by atoms with Crippen molar-refractivity contribution in [2.75, 3.05) is 0 Å². The molecule has 6 nitrogen and oxygen atoms in total. The number of aromatic nitrogens is 2. The molecule has 2 heterocycles. The van der Waals surface area contributed by atoms with E-state index in [1.54, 1.807) is 18.4 Å². The number of fused-ring (bicyclic) bond motifs is 2. The molecule has 0 N–H and O–H groups in total. The maximum atomic E-state index is 14.0. The van der Waals surface area contributed by atoms with Crippen molar-refractivity contribution in [3.05, 3.63) is 57.2 Å². The van der Waals surface area contributed by atoms with Gasteiger partial charge in [0.15, 0.2) is 5.78 Å². The highest BCUT2D eigenvalue weighted by Crippen LogP contribution is 2.39. The van der Waals surface area contributed by atoms with Crippen LogP contribution in [0.1, 0.15) is 35.2 Å². The summed E-state index contributed by atoms with van der Waals surface area (Å²) >= 11 is 1.33. The summed E-state index contributed by atoms with van der Waals surface area (Å²) in [7, 11) is 0. The molecule has 2 aromatic heterocycles. The number of nitrogens with zero attached hydrogens (tertiary/aromatic N) is 2. The molecule has 3 aromatic rings. The van der Waals surface area contributed by atoms with Crippen LogP contribution in [0.3, 0.4) is 0 Å². The van der Waals surface area contributed by atoms with Crippen molar-refractivity contribution in [3.8, 4) is 5.75 Å². The number of halogens is 1. The summed E-state index contributed by atoms with van der Waals surface area (Å²) in [5.41, 5.74) is 0.0469. The quantitative estimate of drug-likeness (QED) is 0.522. The van der Waals surface area contributed by atoms with E-state index in [1.807, 2.05) is 0 Å². The van der Waals surface area contributed by atoms with Crippen LogP contribution in [0.4, 0.5) is 4.39 Å². The minimum atomic E-state index is -0.732. The summed E-state index contributed by atoms with van der Waals surface area (Å²) in [6.07, 6.45) is 1.46. The van der Waals surface area contributed by atoms with Gasteiger partial charge in [0.25, 0.3) is 5.56 Å². The summed E-state index contributed by atoms with van der Waals surface area (Å²) in [5, 5.41) is 2.17. The molecule has 0 amide bonds. The third-order valence-corrected chi connectivity index (χ3v) is 5.21. The molecule has 1 atom stereocenters. The highest BCUT2D eigenvalue weighted by molar-refractivity contribution is 7.16. The maximum absolute atomic E-state index is 14.0. The zero-order valence-corrected chi connectivity index (χ0v) is 14.5. The van der Waals surface area contributed by atoms with Gasteiger partial charge in [0.2, 0.25) is 0 Å². The Morgan fingerprint density at radius 1 is 1.38 bits per heavy atom. The van der Waals surface area contributed by atoms with Crippen molar-refractivity contribution in [2.45, 2.75) is 25.8 Å². The average Bonchev–Trinajstić information content (AvgIpc) is 3.18. The van der Waals surface area contributed by atoms with E-state index in [4.69, 9.17) is 4.74 Å². The van der Waals surface area contributed by atoms with Gasteiger partial charge in [0.05, 0.1) is 17.3 Å². The number of hydrogen-bond donors (Lipinski definition) is 0. The van der Waals surface area contributed by atoms with Crippen LogP contribution in [0.5, 0.6) is 5.75 Å². The van der Waals surface area contributed by atoms with Gasteiger partial charge < -0.3 is 4.74 Å². The van der Waals surface area contributed by atoms with Gasteiger partial charge in [-0.1, -0.05) is 6.92 Å². The SMILES string of the molecule is CC1CC(=O)c2c(OC(=O)Cn3cnc4sccc4c3=O)ccc(F)c21. The zero-order valence-electron chi connectivity index (χ0n) is 13.7. The first kappa shape index (κ1) is 16.6. The number of ketones is 1. The predicted octanol–water partition coefficient (Wildman–Crippen LogP) is 2.89. The Kier molecular flexibility index (Phi) is 3.91. The van der Waals surface area contributed by atoms with Crippen molar-refractivity contribution in [2.24, 2.45) is 0 Å². The largest absolute Gasteiger partial charge is 0.424 e. The Labute approximate surface area is 150 Å². The third kappa shape index (κ3) is 2.62. The number of Topliss-reactive ketones (excluding diaryl/α,β-unsaturated/α-hetero) is 1. The monoisotopic (exact) mass is 372 g/mol. The van der Waals surface area contributed by atoms with Crippen molar-refractivity contribution in [1.82, 2.24) is 9.55 Å². The lowest BCUT2D eigenvalue weighted by Gasteiger charge is -2.11. The Morgan fingerprint density at radius 3 is 3.00 bits per heavy atom. The van der Waals surface area contributed by atoms with E-state index < -0.39 is 11.8 Å². The van der Waals surface area contributed by atoms with E-state index >= 15 is 0 Å². The lowest BCUT2D eigenvalue weighted by Crippen LogP contribution is -2.26. The maximum Gasteiger partial charge on any atom is 0.331 e. The Bertz CT molecular complexity index is 1120. The molecule has 1 aliphatic rings. The van der Waals surface area contributed by atoms with E-state index in [-0.39, 0.29) is 47.1 Å². The van der Waals surface area contributed by atoms with Crippen LogP contribution in [0.2, 0.25) is 0 Å². The number of esters is 1. The molecular formula is C18H13FN2O4S. The molecule has 26 heavy (non-hydrogen) atoms. The van der Waals surface area contributed by atoms with Gasteiger partial charge in [-0.2, -0.15) is 0 Å². The molecule has 0 saturated carbocycles. The molecule has 8 heteroatoms. The van der Waals surface area contributed by atoms with Crippen molar-refractivity contribution >= 4 is 33.3 Å². The van der Waals surface area contributed by atoms with Crippen LogP contribution in [0.15, 0.2) is 34.7 Å². The van der Waals surface area contributed by atoms with Gasteiger partial charge in [-0.25, -0.2) is 14.2 Å². The number of thiophene rings is 1. The second kappa shape index (κ2) is 6.14. The Hall–Kier alpha value is -2.87.